The second-order valence-corrected chi connectivity index (χ2v) is 4.30. The summed E-state index contributed by atoms with van der Waals surface area (Å²) in [6, 6.07) is 11.7. The highest BCUT2D eigenvalue weighted by atomic mass is 16.5. The Morgan fingerprint density at radius 3 is 2.80 bits per heavy atom. The lowest BCUT2D eigenvalue weighted by molar-refractivity contribution is -0.131. The van der Waals surface area contributed by atoms with E-state index in [1.807, 2.05) is 36.4 Å². The van der Waals surface area contributed by atoms with Crippen molar-refractivity contribution in [3.63, 3.8) is 0 Å². The van der Waals surface area contributed by atoms with E-state index in [2.05, 4.69) is 6.58 Å². The summed E-state index contributed by atoms with van der Waals surface area (Å²) >= 11 is 0. The molecule has 3 heteroatoms. The van der Waals surface area contributed by atoms with Crippen LogP contribution in [-0.2, 0) is 4.79 Å². The van der Waals surface area contributed by atoms with Gasteiger partial charge in [0.05, 0.1) is 6.61 Å². The van der Waals surface area contributed by atoms with Gasteiger partial charge < -0.3 is 9.84 Å². The lowest BCUT2D eigenvalue weighted by atomic mass is 10.0. The average Bonchev–Trinajstić information content (AvgIpc) is 2.45. The first kappa shape index (κ1) is 13.9. The molecular weight excluding hydrogens is 252 g/mol. The van der Waals surface area contributed by atoms with E-state index in [1.54, 1.807) is 12.2 Å². The minimum atomic E-state index is -0.977. The SMILES string of the molecule is C=CCCOc1ccc2ccccc2c1C=CC(=O)O. The Morgan fingerprint density at radius 2 is 2.05 bits per heavy atom. The van der Waals surface area contributed by atoms with E-state index in [0.29, 0.717) is 12.4 Å². The van der Waals surface area contributed by atoms with Crippen molar-refractivity contribution in [1.29, 1.82) is 0 Å². The summed E-state index contributed by atoms with van der Waals surface area (Å²) in [6.07, 6.45) is 5.23. The molecule has 0 aromatic heterocycles. The number of rotatable bonds is 6. The number of fused-ring (bicyclic) bond motifs is 1. The highest BCUT2D eigenvalue weighted by Crippen LogP contribution is 2.29. The largest absolute Gasteiger partial charge is 0.493 e. The number of benzene rings is 2. The minimum absolute atomic E-state index is 0.524. The normalized spacial score (nSPS) is 10.8. The molecule has 20 heavy (non-hydrogen) atoms. The monoisotopic (exact) mass is 268 g/mol. The van der Waals surface area contributed by atoms with Gasteiger partial charge in [0.2, 0.25) is 0 Å². The maximum absolute atomic E-state index is 10.7. The van der Waals surface area contributed by atoms with Crippen LogP contribution in [0.2, 0.25) is 0 Å². The van der Waals surface area contributed by atoms with Gasteiger partial charge in [0.15, 0.2) is 0 Å². The van der Waals surface area contributed by atoms with Crippen LogP contribution in [0.5, 0.6) is 5.75 Å². The van der Waals surface area contributed by atoms with Gasteiger partial charge in [-0.15, -0.1) is 6.58 Å². The number of hydrogen-bond acceptors (Lipinski definition) is 2. The number of carboxylic acids is 1. The van der Waals surface area contributed by atoms with Gasteiger partial charge in [-0.05, 0) is 29.3 Å². The highest BCUT2D eigenvalue weighted by molar-refractivity contribution is 5.96. The zero-order valence-corrected chi connectivity index (χ0v) is 11.1. The van der Waals surface area contributed by atoms with Crippen molar-refractivity contribution in [3.8, 4) is 5.75 Å². The van der Waals surface area contributed by atoms with E-state index < -0.39 is 5.97 Å². The lowest BCUT2D eigenvalue weighted by Gasteiger charge is -2.11. The summed E-state index contributed by atoms with van der Waals surface area (Å²) in [5.74, 6) is -0.293. The molecule has 0 aliphatic rings. The van der Waals surface area contributed by atoms with Gasteiger partial charge in [-0.1, -0.05) is 36.4 Å². The molecule has 3 nitrogen and oxygen atoms in total. The van der Waals surface area contributed by atoms with E-state index in [1.165, 1.54) is 0 Å². The Kier molecular flexibility index (Phi) is 4.56. The maximum atomic E-state index is 10.7. The summed E-state index contributed by atoms with van der Waals surface area (Å²) in [6.45, 7) is 4.18. The molecule has 102 valence electrons. The summed E-state index contributed by atoms with van der Waals surface area (Å²) in [5.41, 5.74) is 0.787. The van der Waals surface area contributed by atoms with Crippen LogP contribution in [0.25, 0.3) is 16.8 Å². The third kappa shape index (κ3) is 3.26. The van der Waals surface area contributed by atoms with Crippen LogP contribution >= 0.6 is 0 Å². The summed E-state index contributed by atoms with van der Waals surface area (Å²) in [7, 11) is 0. The van der Waals surface area contributed by atoms with Gasteiger partial charge in [0.1, 0.15) is 5.75 Å². The van der Waals surface area contributed by atoms with Crippen molar-refractivity contribution < 1.29 is 14.6 Å². The molecule has 0 aliphatic heterocycles. The second-order valence-electron chi connectivity index (χ2n) is 4.30. The van der Waals surface area contributed by atoms with Crippen molar-refractivity contribution in [3.05, 3.63) is 60.7 Å². The molecule has 0 aliphatic carbocycles. The second kappa shape index (κ2) is 6.57. The lowest BCUT2D eigenvalue weighted by Crippen LogP contribution is -1.98. The van der Waals surface area contributed by atoms with Gasteiger partial charge in [-0.25, -0.2) is 4.79 Å². The third-order valence-corrected chi connectivity index (χ3v) is 2.90. The van der Waals surface area contributed by atoms with Crippen LogP contribution in [-0.4, -0.2) is 17.7 Å². The molecule has 2 aromatic rings. The average molecular weight is 268 g/mol. The molecule has 0 atom stereocenters. The number of ether oxygens (including phenoxy) is 1. The van der Waals surface area contributed by atoms with E-state index >= 15 is 0 Å². The quantitative estimate of drug-likeness (QED) is 0.491. The molecule has 0 saturated carbocycles. The number of aliphatic carboxylic acids is 1. The van der Waals surface area contributed by atoms with Crippen LogP contribution in [0, 0.1) is 0 Å². The molecule has 0 bridgehead atoms. The van der Waals surface area contributed by atoms with Crippen LogP contribution in [0.1, 0.15) is 12.0 Å². The smallest absolute Gasteiger partial charge is 0.328 e. The van der Waals surface area contributed by atoms with Crippen LogP contribution in [0.15, 0.2) is 55.1 Å². The summed E-state index contributed by atoms with van der Waals surface area (Å²) in [4.78, 5) is 10.7. The van der Waals surface area contributed by atoms with Gasteiger partial charge in [0, 0.05) is 11.6 Å². The Morgan fingerprint density at radius 1 is 1.25 bits per heavy atom. The molecular formula is C17H16O3. The van der Waals surface area contributed by atoms with E-state index in [4.69, 9.17) is 9.84 Å². The fraction of sp³-hybridized carbons (Fsp3) is 0.118. The molecule has 0 fully saturated rings. The Labute approximate surface area is 117 Å². The van der Waals surface area contributed by atoms with Crippen LogP contribution in [0.4, 0.5) is 0 Å². The Hall–Kier alpha value is -2.55. The first-order chi connectivity index (χ1) is 9.72. The first-order valence-electron chi connectivity index (χ1n) is 6.39. The molecule has 2 aromatic carbocycles. The molecule has 0 unspecified atom stereocenters. The first-order valence-corrected chi connectivity index (χ1v) is 6.39. The van der Waals surface area contributed by atoms with Gasteiger partial charge in [0.25, 0.3) is 0 Å². The number of hydrogen-bond donors (Lipinski definition) is 1. The van der Waals surface area contributed by atoms with Crippen molar-refractivity contribution >= 4 is 22.8 Å². The van der Waals surface area contributed by atoms with Crippen LogP contribution < -0.4 is 4.74 Å². The Balaban J connectivity index is 2.46. The van der Waals surface area contributed by atoms with Gasteiger partial charge in [-0.3, -0.25) is 0 Å². The van der Waals surface area contributed by atoms with Crippen molar-refractivity contribution in [2.24, 2.45) is 0 Å². The summed E-state index contributed by atoms with van der Waals surface area (Å²) in [5, 5.41) is 10.8. The van der Waals surface area contributed by atoms with E-state index in [9.17, 15) is 4.79 Å². The van der Waals surface area contributed by atoms with Crippen molar-refractivity contribution in [2.75, 3.05) is 6.61 Å². The topological polar surface area (TPSA) is 46.5 Å². The minimum Gasteiger partial charge on any atom is -0.493 e. The molecule has 0 spiro atoms. The van der Waals surface area contributed by atoms with Crippen molar-refractivity contribution in [1.82, 2.24) is 0 Å². The summed E-state index contributed by atoms with van der Waals surface area (Å²) < 4.78 is 5.70. The van der Waals surface area contributed by atoms with E-state index in [0.717, 1.165) is 28.8 Å². The fourth-order valence-electron chi connectivity index (χ4n) is 1.98. The zero-order valence-electron chi connectivity index (χ0n) is 11.1. The maximum Gasteiger partial charge on any atom is 0.328 e. The predicted molar refractivity (Wildman–Crippen MR) is 80.9 cm³/mol. The fourth-order valence-corrected chi connectivity index (χ4v) is 1.98. The van der Waals surface area contributed by atoms with E-state index in [-0.39, 0.29) is 0 Å². The molecule has 0 saturated heterocycles. The molecule has 0 heterocycles. The van der Waals surface area contributed by atoms with Crippen LogP contribution in [0.3, 0.4) is 0 Å². The van der Waals surface area contributed by atoms with Gasteiger partial charge >= 0.3 is 5.97 Å². The van der Waals surface area contributed by atoms with Gasteiger partial charge in [-0.2, -0.15) is 0 Å². The zero-order chi connectivity index (χ0) is 14.4. The number of carboxylic acid groups (broad SMARTS) is 1. The molecule has 0 radical (unpaired) electrons. The Bertz CT molecular complexity index is 656. The molecule has 0 amide bonds. The standard InChI is InChI=1S/C17H16O3/c1-2-3-12-20-16-10-8-13-6-4-5-7-14(13)15(16)9-11-17(18)19/h2,4-11H,1,3,12H2,(H,18,19). The third-order valence-electron chi connectivity index (χ3n) is 2.90. The predicted octanol–water partition coefficient (Wildman–Crippen LogP) is 3.89. The molecule has 1 N–H and O–H groups in total. The van der Waals surface area contributed by atoms with Crippen molar-refractivity contribution in [2.45, 2.75) is 6.42 Å². The highest BCUT2D eigenvalue weighted by Gasteiger charge is 2.06. The molecule has 2 rings (SSSR count). The number of carbonyl (C=O) groups is 1.